The number of carbonyl (C=O) groups excluding carboxylic acids is 5. The highest BCUT2D eigenvalue weighted by Crippen LogP contribution is 2.21. The number of hydrogen-bond donors (Lipinski definition) is 4. The summed E-state index contributed by atoms with van der Waals surface area (Å²) in [6, 6.07) is 16.2. The Morgan fingerprint density at radius 3 is 2.04 bits per heavy atom. The molecule has 46 heavy (non-hydrogen) atoms. The number of hydrazine groups is 1. The smallest absolute Gasteiger partial charge is 0.408 e. The molecule has 2 unspecified atom stereocenters. The number of aliphatic hydroxyl groups is 1. The van der Waals surface area contributed by atoms with Crippen molar-refractivity contribution in [1.82, 2.24) is 15.8 Å². The summed E-state index contributed by atoms with van der Waals surface area (Å²) in [5.74, 6) is -4.98. The molecule has 2 aromatic rings. The van der Waals surface area contributed by atoms with E-state index in [0.29, 0.717) is 6.42 Å². The highest BCUT2D eigenvalue weighted by molar-refractivity contribution is 5.96. The maximum atomic E-state index is 13.8. The van der Waals surface area contributed by atoms with Crippen LogP contribution in [0.2, 0.25) is 0 Å². The summed E-state index contributed by atoms with van der Waals surface area (Å²) in [4.78, 5) is 65.3. The monoisotopic (exact) mass is 640 g/mol. The molecule has 0 aliphatic rings. The summed E-state index contributed by atoms with van der Waals surface area (Å²) >= 11 is 0. The summed E-state index contributed by atoms with van der Waals surface area (Å²) in [5, 5.41) is 12.9. The van der Waals surface area contributed by atoms with E-state index in [-0.39, 0.29) is 13.0 Å². The van der Waals surface area contributed by atoms with Crippen LogP contribution in [0.25, 0.3) is 0 Å². The minimum absolute atomic E-state index is 0.00610. The zero-order valence-electron chi connectivity index (χ0n) is 27.4. The first-order valence-corrected chi connectivity index (χ1v) is 15.6. The molecule has 2 rings (SSSR count). The molecule has 0 aliphatic heterocycles. The van der Waals surface area contributed by atoms with E-state index in [4.69, 9.17) is 15.2 Å². The highest BCUT2D eigenvalue weighted by atomic mass is 16.6. The second-order valence-electron chi connectivity index (χ2n) is 12.0. The molecular formula is C34H48N4O8. The number of hydrogen-bond acceptors (Lipinski definition) is 9. The van der Waals surface area contributed by atoms with Crippen LogP contribution < -0.4 is 16.5 Å². The van der Waals surface area contributed by atoms with Gasteiger partial charge in [-0.1, -0.05) is 87.9 Å². The number of nitrogens with two attached hydrogens (primary N) is 1. The van der Waals surface area contributed by atoms with Crippen molar-refractivity contribution in [3.05, 3.63) is 71.8 Å². The Bertz CT molecular complexity index is 1290. The van der Waals surface area contributed by atoms with Gasteiger partial charge in [-0.25, -0.2) is 14.6 Å². The minimum atomic E-state index is -1.73. The van der Waals surface area contributed by atoms with Crippen molar-refractivity contribution in [2.75, 3.05) is 6.61 Å². The van der Waals surface area contributed by atoms with E-state index in [1.807, 2.05) is 36.4 Å². The van der Waals surface area contributed by atoms with Crippen LogP contribution in [-0.2, 0) is 41.7 Å². The van der Waals surface area contributed by atoms with Crippen molar-refractivity contribution >= 4 is 29.8 Å². The second kappa shape index (κ2) is 18.6. The number of carbonyl (C=O) groups is 5. The van der Waals surface area contributed by atoms with Gasteiger partial charge in [0.05, 0.1) is 5.54 Å². The molecule has 0 saturated carbocycles. The summed E-state index contributed by atoms with van der Waals surface area (Å²) in [7, 11) is 0. The van der Waals surface area contributed by atoms with E-state index in [2.05, 4.69) is 10.7 Å². The number of esters is 2. The molecule has 0 saturated heterocycles. The van der Waals surface area contributed by atoms with Gasteiger partial charge in [0.1, 0.15) is 12.6 Å². The lowest BCUT2D eigenvalue weighted by Crippen LogP contribution is -2.67. The number of nitrogens with one attached hydrogen (secondary N) is 2. The molecule has 252 valence electrons. The third kappa shape index (κ3) is 11.9. The fourth-order valence-corrected chi connectivity index (χ4v) is 4.45. The second-order valence-corrected chi connectivity index (χ2v) is 12.0. The molecule has 0 spiro atoms. The number of alkyl carbamates (subject to hydrolysis) is 1. The van der Waals surface area contributed by atoms with E-state index < -0.39 is 65.9 Å². The Balaban J connectivity index is 2.10. The molecule has 4 atom stereocenters. The normalized spacial score (nSPS) is 14.3. The minimum Gasteiger partial charge on any atom is -0.445 e. The van der Waals surface area contributed by atoms with E-state index in [0.717, 1.165) is 29.8 Å². The van der Waals surface area contributed by atoms with Crippen LogP contribution in [0.1, 0.15) is 71.4 Å². The van der Waals surface area contributed by atoms with E-state index in [9.17, 15) is 29.1 Å². The lowest BCUT2D eigenvalue weighted by molar-refractivity contribution is -0.171. The molecule has 2 aromatic carbocycles. The topological polar surface area (TPSA) is 177 Å². The van der Waals surface area contributed by atoms with Gasteiger partial charge in [-0.15, -0.1) is 0 Å². The van der Waals surface area contributed by atoms with Crippen molar-refractivity contribution in [3.8, 4) is 0 Å². The zero-order chi connectivity index (χ0) is 34.3. The SMILES string of the molecule is CC(C)C(C(=O)OC(=O)CCCCCc1ccccc1)N(NC(=O)[C@H](C)NC(=O)OCc1ccccc1)C(=O)[C@](C)(N)C(C)CO. The first-order chi connectivity index (χ1) is 21.8. The molecule has 12 nitrogen and oxygen atoms in total. The lowest BCUT2D eigenvalue weighted by Gasteiger charge is -2.39. The van der Waals surface area contributed by atoms with Crippen LogP contribution in [0.5, 0.6) is 0 Å². The summed E-state index contributed by atoms with van der Waals surface area (Å²) in [5.41, 5.74) is 8.91. The standard InChI is InChI=1S/C34H48N4O8/c1-23(2)29(31(42)46-28(40)20-14-8-11-17-26-15-9-6-10-16-26)38(32(43)34(5,35)24(3)21-39)37-30(41)25(4)36-33(44)45-22-27-18-12-7-13-19-27/h6-7,9-10,12-13,15-16,18-19,23-25,29,39H,8,11,14,17,20-22,35H2,1-5H3,(H,36,44)(H,37,41)/t24?,25-,29?,34+/m0/s1. The van der Waals surface area contributed by atoms with E-state index in [1.165, 1.54) is 26.3 Å². The van der Waals surface area contributed by atoms with Crippen LogP contribution in [0.15, 0.2) is 60.7 Å². The Labute approximate surface area is 271 Å². The van der Waals surface area contributed by atoms with Crippen LogP contribution >= 0.6 is 0 Å². The average molecular weight is 641 g/mol. The van der Waals surface area contributed by atoms with Crippen LogP contribution in [0, 0.1) is 11.8 Å². The van der Waals surface area contributed by atoms with Crippen LogP contribution in [0.4, 0.5) is 4.79 Å². The quantitative estimate of drug-likeness (QED) is 0.0927. The van der Waals surface area contributed by atoms with Crippen molar-refractivity contribution in [2.24, 2.45) is 17.6 Å². The van der Waals surface area contributed by atoms with Gasteiger partial charge in [-0.2, -0.15) is 0 Å². The number of aryl methyl sites for hydroxylation is 1. The lowest BCUT2D eigenvalue weighted by atomic mass is 9.86. The summed E-state index contributed by atoms with van der Waals surface area (Å²) in [6.45, 7) is 7.00. The first kappa shape index (κ1) is 37.9. The number of amides is 3. The van der Waals surface area contributed by atoms with Gasteiger partial charge in [0.15, 0.2) is 6.04 Å². The number of nitrogens with zero attached hydrogens (tertiary/aromatic N) is 1. The first-order valence-electron chi connectivity index (χ1n) is 15.6. The third-order valence-electron chi connectivity index (χ3n) is 7.70. The van der Waals surface area contributed by atoms with Gasteiger partial charge in [0.2, 0.25) is 0 Å². The molecule has 12 heteroatoms. The maximum Gasteiger partial charge on any atom is 0.408 e. The van der Waals surface area contributed by atoms with Crippen molar-refractivity contribution < 1.29 is 38.6 Å². The molecule has 0 aliphatic carbocycles. The zero-order valence-corrected chi connectivity index (χ0v) is 27.4. The molecule has 0 bridgehead atoms. The van der Waals surface area contributed by atoms with Crippen molar-refractivity contribution in [2.45, 2.75) is 91.0 Å². The highest BCUT2D eigenvalue weighted by Gasteiger charge is 2.45. The average Bonchev–Trinajstić information content (AvgIpc) is 3.03. The molecule has 0 aromatic heterocycles. The van der Waals surface area contributed by atoms with Crippen LogP contribution in [-0.4, -0.2) is 64.2 Å². The fraction of sp³-hybridized carbons (Fsp3) is 0.500. The van der Waals surface area contributed by atoms with E-state index in [1.54, 1.807) is 38.1 Å². The Morgan fingerprint density at radius 2 is 1.48 bits per heavy atom. The van der Waals surface area contributed by atoms with Gasteiger partial charge < -0.3 is 25.6 Å². The van der Waals surface area contributed by atoms with Gasteiger partial charge >= 0.3 is 18.0 Å². The maximum absolute atomic E-state index is 13.8. The number of benzene rings is 2. The molecule has 0 heterocycles. The van der Waals surface area contributed by atoms with Gasteiger partial charge in [-0.05, 0) is 50.2 Å². The van der Waals surface area contributed by atoms with Crippen LogP contribution in [0.3, 0.4) is 0 Å². The molecule has 0 fully saturated rings. The number of aliphatic hydroxyl groups excluding tert-OH is 1. The third-order valence-corrected chi connectivity index (χ3v) is 7.70. The van der Waals surface area contributed by atoms with Crippen molar-refractivity contribution in [3.63, 3.8) is 0 Å². The predicted octanol–water partition coefficient (Wildman–Crippen LogP) is 3.40. The molecule has 5 N–H and O–H groups in total. The summed E-state index contributed by atoms with van der Waals surface area (Å²) in [6.07, 6.45) is 2.09. The largest absolute Gasteiger partial charge is 0.445 e. The Kier molecular flexibility index (Phi) is 15.3. The number of unbranched alkanes of at least 4 members (excludes halogenated alkanes) is 2. The Hall–Kier alpha value is -4.29. The van der Waals surface area contributed by atoms with Gasteiger partial charge in [0, 0.05) is 18.9 Å². The fourth-order valence-electron chi connectivity index (χ4n) is 4.45. The predicted molar refractivity (Wildman–Crippen MR) is 171 cm³/mol. The molecule has 3 amide bonds. The Morgan fingerprint density at radius 1 is 0.891 bits per heavy atom. The molecular weight excluding hydrogens is 592 g/mol. The summed E-state index contributed by atoms with van der Waals surface area (Å²) < 4.78 is 10.3. The van der Waals surface area contributed by atoms with Gasteiger partial charge in [0.25, 0.3) is 11.8 Å². The van der Waals surface area contributed by atoms with Gasteiger partial charge in [-0.3, -0.25) is 19.8 Å². The van der Waals surface area contributed by atoms with E-state index >= 15 is 0 Å². The molecule has 0 radical (unpaired) electrons. The van der Waals surface area contributed by atoms with Crippen molar-refractivity contribution in [1.29, 1.82) is 0 Å². The number of rotatable bonds is 16. The number of ether oxygens (including phenoxy) is 2.